The molecule has 2 heterocycles. The highest BCUT2D eigenvalue weighted by Gasteiger charge is 2.30. The number of amides is 1. The van der Waals surface area contributed by atoms with Gasteiger partial charge in [0.05, 0.1) is 15.2 Å². The molecule has 0 N–H and O–H groups in total. The average molecular weight is 450 g/mol. The summed E-state index contributed by atoms with van der Waals surface area (Å²) in [5, 5.41) is 0.703. The second-order valence-electron chi connectivity index (χ2n) is 6.77. The number of nitrogens with zero attached hydrogens (tertiary/aromatic N) is 3. The van der Waals surface area contributed by atoms with Crippen LogP contribution in [0.5, 0.6) is 0 Å². The van der Waals surface area contributed by atoms with E-state index in [1.165, 1.54) is 27.8 Å². The molecule has 0 saturated carbocycles. The molecule has 1 aromatic heterocycles. The third-order valence-corrected chi connectivity index (χ3v) is 8.38. The number of benzene rings is 2. The van der Waals surface area contributed by atoms with Crippen LogP contribution in [0.25, 0.3) is 10.2 Å². The number of thiazole rings is 1. The third kappa shape index (κ3) is 3.77. The van der Waals surface area contributed by atoms with Crippen LogP contribution in [0.15, 0.2) is 47.4 Å². The fraction of sp³-hybridized carbons (Fsp3) is 0.300. The molecule has 4 rings (SSSR count). The molecule has 2 aromatic carbocycles. The van der Waals surface area contributed by atoms with Crippen LogP contribution in [-0.2, 0) is 10.0 Å². The first-order valence-electron chi connectivity index (χ1n) is 9.39. The van der Waals surface area contributed by atoms with Crippen LogP contribution in [0, 0.1) is 0 Å². The molecule has 1 aliphatic heterocycles. The molecular weight excluding hydrogens is 430 g/mol. The lowest BCUT2D eigenvalue weighted by Gasteiger charge is -2.20. The molecule has 0 unspecified atom stereocenters. The Balaban J connectivity index is 1.70. The predicted octanol–water partition coefficient (Wildman–Crippen LogP) is 4.40. The van der Waals surface area contributed by atoms with Gasteiger partial charge in [0, 0.05) is 25.2 Å². The molecule has 6 nitrogen and oxygen atoms in total. The lowest BCUT2D eigenvalue weighted by molar-refractivity contribution is 0.0988. The number of anilines is 1. The van der Waals surface area contributed by atoms with Gasteiger partial charge in [0.1, 0.15) is 4.90 Å². The maximum Gasteiger partial charge on any atom is 0.260 e. The lowest BCUT2D eigenvalue weighted by Crippen LogP contribution is -2.31. The van der Waals surface area contributed by atoms with Gasteiger partial charge in [-0.3, -0.25) is 9.69 Å². The monoisotopic (exact) mass is 449 g/mol. The number of rotatable bonds is 5. The maximum atomic E-state index is 13.2. The molecule has 0 radical (unpaired) electrons. The molecule has 0 bridgehead atoms. The van der Waals surface area contributed by atoms with Crippen molar-refractivity contribution in [3.8, 4) is 0 Å². The highest BCUT2D eigenvalue weighted by Crippen LogP contribution is 2.31. The largest absolute Gasteiger partial charge is 0.284 e. The van der Waals surface area contributed by atoms with E-state index in [0.29, 0.717) is 24.8 Å². The minimum atomic E-state index is -3.73. The Labute approximate surface area is 178 Å². The highest BCUT2D eigenvalue weighted by atomic mass is 35.5. The van der Waals surface area contributed by atoms with E-state index in [2.05, 4.69) is 4.98 Å². The van der Waals surface area contributed by atoms with E-state index in [0.717, 1.165) is 23.1 Å². The Kier molecular flexibility index (Phi) is 5.61. The first kappa shape index (κ1) is 20.3. The van der Waals surface area contributed by atoms with Gasteiger partial charge in [-0.25, -0.2) is 13.4 Å². The zero-order valence-corrected chi connectivity index (χ0v) is 18.2. The van der Waals surface area contributed by atoms with Crippen molar-refractivity contribution in [3.05, 3.63) is 53.1 Å². The zero-order valence-electron chi connectivity index (χ0n) is 15.8. The summed E-state index contributed by atoms with van der Waals surface area (Å²) in [4.78, 5) is 19.3. The molecule has 0 atom stereocenters. The minimum Gasteiger partial charge on any atom is -0.284 e. The molecule has 0 spiro atoms. The molecule has 29 heavy (non-hydrogen) atoms. The maximum absolute atomic E-state index is 13.2. The van der Waals surface area contributed by atoms with Gasteiger partial charge in [0.2, 0.25) is 10.0 Å². The number of carbonyl (C=O) groups excluding carboxylic acids is 1. The molecule has 1 fully saturated rings. The van der Waals surface area contributed by atoms with Crippen molar-refractivity contribution in [1.82, 2.24) is 9.29 Å². The molecule has 1 amide bonds. The van der Waals surface area contributed by atoms with Gasteiger partial charge >= 0.3 is 0 Å². The molecular formula is C20H20ClN3O3S2. The van der Waals surface area contributed by atoms with Crippen molar-refractivity contribution in [2.75, 3.05) is 24.5 Å². The van der Waals surface area contributed by atoms with Crippen LogP contribution in [0.2, 0.25) is 5.02 Å². The first-order chi connectivity index (χ1) is 13.9. The van der Waals surface area contributed by atoms with Crippen molar-refractivity contribution in [3.63, 3.8) is 0 Å². The Morgan fingerprint density at radius 2 is 1.93 bits per heavy atom. The van der Waals surface area contributed by atoms with Crippen LogP contribution in [0.3, 0.4) is 0 Å². The van der Waals surface area contributed by atoms with Gasteiger partial charge < -0.3 is 0 Å². The summed E-state index contributed by atoms with van der Waals surface area (Å²) in [6.07, 6.45) is 1.66. The van der Waals surface area contributed by atoms with E-state index in [4.69, 9.17) is 11.6 Å². The number of para-hydroxylation sites is 1. The van der Waals surface area contributed by atoms with Crippen molar-refractivity contribution in [1.29, 1.82) is 0 Å². The van der Waals surface area contributed by atoms with Gasteiger partial charge in [-0.2, -0.15) is 4.31 Å². The van der Waals surface area contributed by atoms with Gasteiger partial charge in [0.25, 0.3) is 5.91 Å². The van der Waals surface area contributed by atoms with Crippen molar-refractivity contribution >= 4 is 54.2 Å². The number of carbonyl (C=O) groups is 1. The number of fused-ring (bicyclic) bond motifs is 1. The van der Waals surface area contributed by atoms with E-state index in [9.17, 15) is 13.2 Å². The second-order valence-corrected chi connectivity index (χ2v) is 10.1. The van der Waals surface area contributed by atoms with Gasteiger partial charge in [-0.15, -0.1) is 0 Å². The van der Waals surface area contributed by atoms with Gasteiger partial charge in [-0.1, -0.05) is 35.1 Å². The summed E-state index contributed by atoms with van der Waals surface area (Å²) in [6, 6.07) is 12.1. The standard InChI is InChI=1S/C20H20ClN3O3S2/c1-2-24(20-22-16-7-3-4-8-17(16)28-20)19(25)14-9-10-15(21)18(13-14)29(26,27)23-11-5-6-12-23/h3-4,7-10,13H,2,5-6,11-12H2,1H3. The number of aromatic nitrogens is 1. The highest BCUT2D eigenvalue weighted by molar-refractivity contribution is 7.89. The van der Waals surface area contributed by atoms with Crippen molar-refractivity contribution < 1.29 is 13.2 Å². The number of halogens is 1. The summed E-state index contributed by atoms with van der Waals surface area (Å²) in [5.41, 5.74) is 1.10. The van der Waals surface area contributed by atoms with Crippen molar-refractivity contribution in [2.24, 2.45) is 0 Å². The van der Waals surface area contributed by atoms with E-state index < -0.39 is 10.0 Å². The van der Waals surface area contributed by atoms with Crippen molar-refractivity contribution in [2.45, 2.75) is 24.7 Å². The van der Waals surface area contributed by atoms with Crippen LogP contribution < -0.4 is 4.90 Å². The van der Waals surface area contributed by atoms with E-state index in [1.807, 2.05) is 31.2 Å². The number of hydrogen-bond acceptors (Lipinski definition) is 5. The quantitative estimate of drug-likeness (QED) is 0.578. The SMILES string of the molecule is CCN(C(=O)c1ccc(Cl)c(S(=O)(=O)N2CCCC2)c1)c1nc2ccccc2s1. The summed E-state index contributed by atoms with van der Waals surface area (Å²) in [7, 11) is -3.73. The van der Waals surface area contributed by atoms with Crippen LogP contribution in [0.1, 0.15) is 30.1 Å². The molecule has 152 valence electrons. The molecule has 3 aromatic rings. The topological polar surface area (TPSA) is 70.6 Å². The molecule has 0 aliphatic carbocycles. The fourth-order valence-corrected chi connectivity index (χ4v) is 6.44. The Bertz CT molecular complexity index is 1140. The molecule has 1 aliphatic rings. The summed E-state index contributed by atoms with van der Waals surface area (Å²) < 4.78 is 28.3. The van der Waals surface area contributed by atoms with Crippen LogP contribution >= 0.6 is 22.9 Å². The normalized spacial score (nSPS) is 15.1. The minimum absolute atomic E-state index is 0.0210. The zero-order chi connectivity index (χ0) is 20.6. The second kappa shape index (κ2) is 8.02. The third-order valence-electron chi connectivity index (χ3n) is 4.94. The Hall–Kier alpha value is -2.00. The summed E-state index contributed by atoms with van der Waals surface area (Å²) in [5.74, 6) is -0.305. The van der Waals surface area contributed by atoms with Gasteiger partial charge in [-0.05, 0) is 50.1 Å². The Morgan fingerprint density at radius 3 is 2.62 bits per heavy atom. The first-order valence-corrected chi connectivity index (χ1v) is 12.0. The number of hydrogen-bond donors (Lipinski definition) is 0. The van der Waals surface area contributed by atoms with E-state index in [-0.39, 0.29) is 21.4 Å². The van der Waals surface area contributed by atoms with Crippen LogP contribution in [-0.4, -0.2) is 43.2 Å². The molecule has 1 saturated heterocycles. The van der Waals surface area contributed by atoms with E-state index >= 15 is 0 Å². The van der Waals surface area contributed by atoms with Gasteiger partial charge in [0.15, 0.2) is 5.13 Å². The average Bonchev–Trinajstić information content (AvgIpc) is 3.39. The molecule has 9 heteroatoms. The predicted molar refractivity (Wildman–Crippen MR) is 116 cm³/mol. The van der Waals surface area contributed by atoms with E-state index in [1.54, 1.807) is 11.0 Å². The van der Waals surface area contributed by atoms with Crippen LogP contribution in [0.4, 0.5) is 5.13 Å². The number of sulfonamides is 1. The Morgan fingerprint density at radius 1 is 1.21 bits per heavy atom. The fourth-order valence-electron chi connectivity index (χ4n) is 3.40. The summed E-state index contributed by atoms with van der Waals surface area (Å²) in [6.45, 7) is 3.23. The summed E-state index contributed by atoms with van der Waals surface area (Å²) >= 11 is 7.63. The smallest absolute Gasteiger partial charge is 0.260 e. The lowest BCUT2D eigenvalue weighted by atomic mass is 10.2.